The first kappa shape index (κ1) is 28.8. The number of halogens is 2. The van der Waals surface area contributed by atoms with Gasteiger partial charge in [0.1, 0.15) is 11.2 Å². The van der Waals surface area contributed by atoms with Crippen molar-refractivity contribution < 1.29 is 14.6 Å². The number of aromatic nitrogens is 1. The van der Waals surface area contributed by atoms with Crippen molar-refractivity contribution in [1.29, 1.82) is 5.26 Å². The van der Waals surface area contributed by atoms with E-state index in [9.17, 15) is 15.2 Å². The molecule has 204 valence electrons. The van der Waals surface area contributed by atoms with E-state index in [1.807, 2.05) is 51.1 Å². The molecule has 1 aliphatic rings. The van der Waals surface area contributed by atoms with Crippen molar-refractivity contribution in [2.24, 2.45) is 0 Å². The van der Waals surface area contributed by atoms with Crippen LogP contribution in [0.25, 0.3) is 0 Å². The van der Waals surface area contributed by atoms with Gasteiger partial charge in [0.25, 0.3) is 0 Å². The number of nitriles is 1. The van der Waals surface area contributed by atoms with E-state index in [0.29, 0.717) is 53.0 Å². The summed E-state index contributed by atoms with van der Waals surface area (Å²) >= 11 is 12.8. The zero-order valence-electron chi connectivity index (χ0n) is 22.5. The summed E-state index contributed by atoms with van der Waals surface area (Å²) in [6.07, 6.45) is 1.44. The van der Waals surface area contributed by atoms with Crippen molar-refractivity contribution in [3.05, 3.63) is 93.2 Å². The highest BCUT2D eigenvalue weighted by molar-refractivity contribution is 6.33. The first-order chi connectivity index (χ1) is 18.4. The molecular formula is C30H32Cl2N4O3. The quantitative estimate of drug-likeness (QED) is 0.366. The van der Waals surface area contributed by atoms with Gasteiger partial charge in [-0.2, -0.15) is 5.26 Å². The highest BCUT2D eigenvalue weighted by Gasteiger charge is 2.35. The molecule has 39 heavy (non-hydrogen) atoms. The zero-order chi connectivity index (χ0) is 28.4. The number of hydrogen-bond acceptors (Lipinski definition) is 7. The Bertz CT molecular complexity index is 1360. The van der Waals surface area contributed by atoms with Gasteiger partial charge in [-0.05, 0) is 75.7 Å². The first-order valence-electron chi connectivity index (χ1n) is 12.7. The van der Waals surface area contributed by atoms with Gasteiger partial charge >= 0.3 is 5.97 Å². The number of piperazine rings is 1. The molecule has 7 nitrogen and oxygen atoms in total. The maximum atomic E-state index is 12.4. The van der Waals surface area contributed by atoms with Gasteiger partial charge in [0.15, 0.2) is 0 Å². The molecule has 1 aromatic heterocycles. The Morgan fingerprint density at radius 1 is 1.10 bits per heavy atom. The van der Waals surface area contributed by atoms with Crippen molar-refractivity contribution in [2.75, 3.05) is 31.1 Å². The van der Waals surface area contributed by atoms with Gasteiger partial charge in [0.05, 0.1) is 39.6 Å². The first-order valence-corrected chi connectivity index (χ1v) is 13.5. The Morgan fingerprint density at radius 3 is 2.41 bits per heavy atom. The molecule has 0 bridgehead atoms. The van der Waals surface area contributed by atoms with Crippen LogP contribution in [0.4, 0.5) is 5.69 Å². The SMILES string of the molecule is CC(C)(C)OC(=O)c1ccc([C@](C)(O)CN2CCN(c3ccc(C#N)cc3Cl)[C@H](c3ccc(Cl)cc3)C2)nc1. The lowest BCUT2D eigenvalue weighted by Gasteiger charge is -2.45. The molecule has 1 saturated heterocycles. The van der Waals surface area contributed by atoms with Crippen LogP contribution < -0.4 is 4.90 Å². The van der Waals surface area contributed by atoms with Gasteiger partial charge in [-0.3, -0.25) is 9.88 Å². The molecule has 4 rings (SSSR count). The molecule has 0 unspecified atom stereocenters. The molecule has 0 saturated carbocycles. The highest BCUT2D eigenvalue weighted by atomic mass is 35.5. The van der Waals surface area contributed by atoms with Gasteiger partial charge in [0.2, 0.25) is 0 Å². The number of carbonyl (C=O) groups excluding carboxylic acids is 1. The largest absolute Gasteiger partial charge is 0.456 e. The maximum Gasteiger partial charge on any atom is 0.340 e. The second kappa shape index (κ2) is 11.5. The third-order valence-electron chi connectivity index (χ3n) is 6.59. The summed E-state index contributed by atoms with van der Waals surface area (Å²) < 4.78 is 5.41. The summed E-state index contributed by atoms with van der Waals surface area (Å²) in [7, 11) is 0. The lowest BCUT2D eigenvalue weighted by Crippen LogP contribution is -2.52. The number of carbonyl (C=O) groups is 1. The van der Waals surface area contributed by atoms with E-state index in [1.165, 1.54) is 6.20 Å². The molecule has 2 aromatic carbocycles. The molecule has 0 aliphatic carbocycles. The molecule has 3 aromatic rings. The fraction of sp³-hybridized carbons (Fsp3) is 0.367. The molecule has 2 atom stereocenters. The number of ether oxygens (including phenoxy) is 1. The molecule has 9 heteroatoms. The Balaban J connectivity index is 1.54. The average Bonchev–Trinajstić information content (AvgIpc) is 2.88. The normalized spacial score (nSPS) is 17.8. The van der Waals surface area contributed by atoms with Crippen molar-refractivity contribution in [2.45, 2.75) is 44.9 Å². The topological polar surface area (TPSA) is 89.7 Å². The molecule has 1 aliphatic heterocycles. The summed E-state index contributed by atoms with van der Waals surface area (Å²) in [5.41, 5.74) is 1.35. The van der Waals surface area contributed by atoms with E-state index in [2.05, 4.69) is 20.9 Å². The van der Waals surface area contributed by atoms with Crippen molar-refractivity contribution >= 4 is 34.9 Å². The molecular weight excluding hydrogens is 535 g/mol. The number of aliphatic hydroxyl groups is 1. The predicted octanol–water partition coefficient (Wildman–Crippen LogP) is 5.99. The van der Waals surface area contributed by atoms with E-state index < -0.39 is 17.2 Å². The predicted molar refractivity (Wildman–Crippen MR) is 153 cm³/mol. The number of anilines is 1. The Labute approximate surface area is 239 Å². The number of benzene rings is 2. The van der Waals surface area contributed by atoms with Gasteiger partial charge in [-0.15, -0.1) is 0 Å². The van der Waals surface area contributed by atoms with Crippen LogP contribution in [0, 0.1) is 11.3 Å². The minimum Gasteiger partial charge on any atom is -0.456 e. The van der Waals surface area contributed by atoms with Crippen LogP contribution in [-0.4, -0.2) is 52.7 Å². The van der Waals surface area contributed by atoms with Crippen molar-refractivity contribution in [3.63, 3.8) is 0 Å². The zero-order valence-corrected chi connectivity index (χ0v) is 24.0. The molecule has 0 radical (unpaired) electrons. The second-order valence-electron chi connectivity index (χ2n) is 11.0. The molecule has 0 spiro atoms. The van der Waals surface area contributed by atoms with Gasteiger partial charge < -0.3 is 14.7 Å². The molecule has 0 amide bonds. The minimum absolute atomic E-state index is 0.0697. The van der Waals surface area contributed by atoms with Gasteiger partial charge in [0, 0.05) is 37.4 Å². The number of pyridine rings is 1. The Morgan fingerprint density at radius 2 is 1.82 bits per heavy atom. The summed E-state index contributed by atoms with van der Waals surface area (Å²) in [4.78, 5) is 21.2. The van der Waals surface area contributed by atoms with E-state index in [0.717, 1.165) is 11.3 Å². The summed E-state index contributed by atoms with van der Waals surface area (Å²) in [5, 5.41) is 21.8. The van der Waals surface area contributed by atoms with Crippen molar-refractivity contribution in [1.82, 2.24) is 9.88 Å². The van der Waals surface area contributed by atoms with Crippen LogP contribution in [0.1, 0.15) is 60.9 Å². The third kappa shape index (κ3) is 7.09. The number of rotatable bonds is 6. The van der Waals surface area contributed by atoms with Crippen LogP contribution in [-0.2, 0) is 10.3 Å². The average molecular weight is 568 g/mol. The summed E-state index contributed by atoms with van der Waals surface area (Å²) in [5.74, 6) is -0.454. The maximum absolute atomic E-state index is 12.4. The lowest BCUT2D eigenvalue weighted by molar-refractivity contribution is 0.00459. The lowest BCUT2D eigenvalue weighted by atomic mass is 9.97. The highest BCUT2D eigenvalue weighted by Crippen LogP contribution is 2.37. The monoisotopic (exact) mass is 566 g/mol. The van der Waals surface area contributed by atoms with E-state index in [-0.39, 0.29) is 6.04 Å². The second-order valence-corrected chi connectivity index (χ2v) is 11.8. The Kier molecular flexibility index (Phi) is 8.53. The summed E-state index contributed by atoms with van der Waals surface area (Å²) in [6, 6.07) is 18.4. The minimum atomic E-state index is -1.26. The molecule has 2 heterocycles. The van der Waals surface area contributed by atoms with E-state index in [4.69, 9.17) is 27.9 Å². The van der Waals surface area contributed by atoms with Crippen LogP contribution in [0.2, 0.25) is 10.0 Å². The smallest absolute Gasteiger partial charge is 0.340 e. The third-order valence-corrected chi connectivity index (χ3v) is 7.14. The number of β-amino-alcohol motifs (C(OH)–C–C–N with tert-alkyl or cyclic N) is 1. The molecule has 1 N–H and O–H groups in total. The van der Waals surface area contributed by atoms with E-state index >= 15 is 0 Å². The van der Waals surface area contributed by atoms with E-state index in [1.54, 1.807) is 31.2 Å². The fourth-order valence-corrected chi connectivity index (χ4v) is 5.15. The fourth-order valence-electron chi connectivity index (χ4n) is 4.74. The van der Waals surface area contributed by atoms with Crippen LogP contribution in [0.15, 0.2) is 60.8 Å². The number of esters is 1. The standard InChI is InChI=1S/C30H32Cl2N4O3/c1-29(2,3)39-28(37)22-8-12-27(34-17-22)30(4,38)19-35-13-14-36(25-11-5-20(16-33)15-24(25)32)26(18-35)21-6-9-23(31)10-7-21/h5-12,15,17,26,38H,13-14,18-19H2,1-4H3/t26-,30+/m0/s1. The number of hydrogen-bond donors (Lipinski definition) is 1. The molecule has 1 fully saturated rings. The van der Waals surface area contributed by atoms with Crippen molar-refractivity contribution in [3.8, 4) is 6.07 Å². The van der Waals surface area contributed by atoms with Crippen LogP contribution in [0.5, 0.6) is 0 Å². The van der Waals surface area contributed by atoms with Gasteiger partial charge in [-0.25, -0.2) is 4.79 Å². The van der Waals surface area contributed by atoms with Crippen LogP contribution >= 0.6 is 23.2 Å². The Hall–Kier alpha value is -3.15. The van der Waals surface area contributed by atoms with Crippen LogP contribution in [0.3, 0.4) is 0 Å². The summed E-state index contributed by atoms with van der Waals surface area (Å²) in [6.45, 7) is 9.43. The van der Waals surface area contributed by atoms with Gasteiger partial charge in [-0.1, -0.05) is 35.3 Å². The number of nitrogens with zero attached hydrogens (tertiary/aromatic N) is 4.